The molecule has 2 aromatic rings. The minimum absolute atomic E-state index is 0.407. The molecule has 0 radical (unpaired) electrons. The number of ether oxygens (including phenoxy) is 1. The highest BCUT2D eigenvalue weighted by Gasteiger charge is 2.30. The van der Waals surface area contributed by atoms with E-state index in [9.17, 15) is 13.2 Å². The normalized spacial score (nSPS) is 11.4. The van der Waals surface area contributed by atoms with Crippen molar-refractivity contribution < 1.29 is 17.9 Å². The Morgan fingerprint density at radius 1 is 1.00 bits per heavy atom. The highest BCUT2D eigenvalue weighted by molar-refractivity contribution is 5.80. The molecule has 0 unspecified atom stereocenters. The third-order valence-corrected chi connectivity index (χ3v) is 2.81. The Labute approximate surface area is 108 Å². The number of hydrogen-bond acceptors (Lipinski definition) is 2. The van der Waals surface area contributed by atoms with E-state index in [-0.39, 0.29) is 0 Å². The van der Waals surface area contributed by atoms with E-state index >= 15 is 0 Å². The lowest BCUT2D eigenvalue weighted by Crippen LogP contribution is -2.04. The van der Waals surface area contributed by atoms with Crippen molar-refractivity contribution in [1.82, 2.24) is 0 Å². The second kappa shape index (κ2) is 4.84. The van der Waals surface area contributed by atoms with E-state index in [0.717, 1.165) is 12.1 Å². The van der Waals surface area contributed by atoms with Crippen LogP contribution < -0.4 is 10.5 Å². The molecule has 2 N–H and O–H groups in total. The number of benzene rings is 2. The van der Waals surface area contributed by atoms with Crippen LogP contribution in [0.5, 0.6) is 5.75 Å². The zero-order valence-electron chi connectivity index (χ0n) is 10.2. The molecule has 2 nitrogen and oxygen atoms in total. The summed E-state index contributed by atoms with van der Waals surface area (Å²) in [4.78, 5) is 0. The van der Waals surface area contributed by atoms with Crippen molar-refractivity contribution in [2.24, 2.45) is 0 Å². The smallest absolute Gasteiger partial charge is 0.416 e. The molecule has 0 aromatic heterocycles. The van der Waals surface area contributed by atoms with Crippen molar-refractivity contribution in [3.63, 3.8) is 0 Å². The van der Waals surface area contributed by atoms with Gasteiger partial charge in [-0.1, -0.05) is 24.3 Å². The van der Waals surface area contributed by atoms with Crippen LogP contribution in [0.15, 0.2) is 42.5 Å². The number of hydrogen-bond donors (Lipinski definition) is 1. The minimum atomic E-state index is -4.33. The summed E-state index contributed by atoms with van der Waals surface area (Å²) in [6.07, 6.45) is -4.33. The van der Waals surface area contributed by atoms with Crippen LogP contribution in [0.1, 0.15) is 5.56 Å². The van der Waals surface area contributed by atoms with Gasteiger partial charge in [0.15, 0.2) is 0 Å². The van der Waals surface area contributed by atoms with Gasteiger partial charge in [-0.05, 0) is 23.8 Å². The molecule has 100 valence electrons. The topological polar surface area (TPSA) is 35.2 Å². The van der Waals surface area contributed by atoms with Gasteiger partial charge in [0.1, 0.15) is 5.75 Å². The first-order chi connectivity index (χ1) is 8.93. The number of nitrogen functional groups attached to an aromatic ring is 1. The van der Waals surface area contributed by atoms with Crippen molar-refractivity contribution in [3.8, 4) is 16.9 Å². The quantitative estimate of drug-likeness (QED) is 0.836. The summed E-state index contributed by atoms with van der Waals surface area (Å²) >= 11 is 0. The molecule has 0 aliphatic rings. The van der Waals surface area contributed by atoms with E-state index in [4.69, 9.17) is 10.5 Å². The number of alkyl halides is 3. The fourth-order valence-electron chi connectivity index (χ4n) is 1.81. The van der Waals surface area contributed by atoms with Crippen molar-refractivity contribution in [2.45, 2.75) is 6.18 Å². The van der Waals surface area contributed by atoms with E-state index in [1.54, 1.807) is 18.2 Å². The predicted octanol–water partition coefficient (Wildman–Crippen LogP) is 3.96. The van der Waals surface area contributed by atoms with Gasteiger partial charge in [-0.3, -0.25) is 0 Å². The van der Waals surface area contributed by atoms with Crippen LogP contribution in [-0.2, 0) is 6.18 Å². The average molecular weight is 267 g/mol. The molecule has 0 saturated carbocycles. The van der Waals surface area contributed by atoms with Gasteiger partial charge >= 0.3 is 6.18 Å². The molecule has 0 spiro atoms. The van der Waals surface area contributed by atoms with Crippen LogP contribution >= 0.6 is 0 Å². The van der Waals surface area contributed by atoms with Gasteiger partial charge in [0, 0.05) is 5.56 Å². The molecule has 2 rings (SSSR count). The van der Waals surface area contributed by atoms with E-state index < -0.39 is 11.7 Å². The van der Waals surface area contributed by atoms with Crippen molar-refractivity contribution in [3.05, 3.63) is 48.0 Å². The molecule has 2 aromatic carbocycles. The summed E-state index contributed by atoms with van der Waals surface area (Å²) in [6, 6.07) is 10.0. The van der Waals surface area contributed by atoms with Crippen LogP contribution in [0.2, 0.25) is 0 Å². The van der Waals surface area contributed by atoms with Crippen LogP contribution in [-0.4, -0.2) is 7.11 Å². The molecule has 0 heterocycles. The maximum atomic E-state index is 12.5. The number of para-hydroxylation sites is 1. The Kier molecular flexibility index (Phi) is 3.38. The Hall–Kier alpha value is -2.17. The van der Waals surface area contributed by atoms with Gasteiger partial charge in [-0.2, -0.15) is 13.2 Å². The van der Waals surface area contributed by atoms with Gasteiger partial charge in [-0.25, -0.2) is 0 Å². The third kappa shape index (κ3) is 2.65. The summed E-state index contributed by atoms with van der Waals surface area (Å²) in [7, 11) is 1.49. The molecule has 5 heteroatoms. The Bertz CT molecular complexity index is 576. The third-order valence-electron chi connectivity index (χ3n) is 2.81. The van der Waals surface area contributed by atoms with Gasteiger partial charge in [0.2, 0.25) is 0 Å². The molecule has 0 aliphatic heterocycles. The fourth-order valence-corrected chi connectivity index (χ4v) is 1.81. The van der Waals surface area contributed by atoms with Crippen molar-refractivity contribution >= 4 is 5.69 Å². The zero-order valence-corrected chi connectivity index (χ0v) is 10.2. The molecule has 19 heavy (non-hydrogen) atoms. The van der Waals surface area contributed by atoms with E-state index in [1.807, 2.05) is 0 Å². The lowest BCUT2D eigenvalue weighted by molar-refractivity contribution is -0.137. The van der Waals surface area contributed by atoms with Gasteiger partial charge in [-0.15, -0.1) is 0 Å². The second-order valence-electron chi connectivity index (χ2n) is 4.00. The molecule has 0 atom stereocenters. The maximum Gasteiger partial charge on any atom is 0.416 e. The lowest BCUT2D eigenvalue weighted by Gasteiger charge is -2.11. The van der Waals surface area contributed by atoms with Gasteiger partial charge < -0.3 is 10.5 Å². The molecule has 0 aliphatic carbocycles. The predicted molar refractivity (Wildman–Crippen MR) is 67.8 cm³/mol. The van der Waals surface area contributed by atoms with Crippen molar-refractivity contribution in [1.29, 1.82) is 0 Å². The number of anilines is 1. The first-order valence-electron chi connectivity index (χ1n) is 5.53. The molecule has 0 fully saturated rings. The summed E-state index contributed by atoms with van der Waals surface area (Å²) < 4.78 is 42.5. The SMILES string of the molecule is COc1cccc(-c2ccc(C(F)(F)F)cc2)c1N. The van der Waals surface area contributed by atoms with E-state index in [2.05, 4.69) is 0 Å². The number of nitrogens with two attached hydrogens (primary N) is 1. The summed E-state index contributed by atoms with van der Waals surface area (Å²) in [5, 5.41) is 0. The molecular formula is C14H12F3NO. The van der Waals surface area contributed by atoms with E-state index in [0.29, 0.717) is 22.6 Å². The number of methoxy groups -OCH3 is 1. The maximum absolute atomic E-state index is 12.5. The highest BCUT2D eigenvalue weighted by atomic mass is 19.4. The number of halogens is 3. The van der Waals surface area contributed by atoms with Crippen molar-refractivity contribution in [2.75, 3.05) is 12.8 Å². The Morgan fingerprint density at radius 2 is 1.63 bits per heavy atom. The lowest BCUT2D eigenvalue weighted by atomic mass is 10.0. The molecular weight excluding hydrogens is 255 g/mol. The standard InChI is InChI=1S/C14H12F3NO/c1-19-12-4-2-3-11(13(12)18)9-5-7-10(8-6-9)14(15,16)17/h2-8H,18H2,1H3. The zero-order chi connectivity index (χ0) is 14.0. The summed E-state index contributed by atoms with van der Waals surface area (Å²) in [6.45, 7) is 0. The highest BCUT2D eigenvalue weighted by Crippen LogP contribution is 2.35. The largest absolute Gasteiger partial charge is 0.495 e. The monoisotopic (exact) mass is 267 g/mol. The van der Waals surface area contributed by atoms with Gasteiger partial charge in [0.25, 0.3) is 0 Å². The van der Waals surface area contributed by atoms with Crippen LogP contribution in [0, 0.1) is 0 Å². The average Bonchev–Trinajstić information content (AvgIpc) is 2.38. The molecule has 0 bridgehead atoms. The minimum Gasteiger partial charge on any atom is -0.495 e. The first-order valence-corrected chi connectivity index (χ1v) is 5.53. The Morgan fingerprint density at radius 3 is 2.16 bits per heavy atom. The van der Waals surface area contributed by atoms with E-state index in [1.165, 1.54) is 19.2 Å². The summed E-state index contributed by atoms with van der Waals surface area (Å²) in [5.41, 5.74) is 6.89. The second-order valence-corrected chi connectivity index (χ2v) is 4.00. The van der Waals surface area contributed by atoms with Crippen LogP contribution in [0.3, 0.4) is 0 Å². The molecule has 0 amide bonds. The summed E-state index contributed by atoms with van der Waals surface area (Å²) in [5.74, 6) is 0.498. The number of rotatable bonds is 2. The Balaban J connectivity index is 2.43. The first kappa shape index (κ1) is 13.3. The van der Waals surface area contributed by atoms with Crippen LogP contribution in [0.25, 0.3) is 11.1 Å². The fraction of sp³-hybridized carbons (Fsp3) is 0.143. The molecule has 0 saturated heterocycles. The van der Waals surface area contributed by atoms with Gasteiger partial charge in [0.05, 0.1) is 18.4 Å². The van der Waals surface area contributed by atoms with Crippen LogP contribution in [0.4, 0.5) is 18.9 Å².